The molecule has 1 rings (SSSR count). The summed E-state index contributed by atoms with van der Waals surface area (Å²) in [6.07, 6.45) is 13.8. The molecule has 1 fully saturated rings. The van der Waals surface area contributed by atoms with E-state index in [-0.39, 0.29) is 0 Å². The second-order valence-electron chi connectivity index (χ2n) is 6.78. The van der Waals surface area contributed by atoms with Gasteiger partial charge in [0.15, 0.2) is 0 Å². The zero-order valence-corrected chi connectivity index (χ0v) is 13.6. The number of rotatable bonds is 11. The van der Waals surface area contributed by atoms with E-state index in [0.717, 1.165) is 13.1 Å². The van der Waals surface area contributed by atoms with Crippen LogP contribution in [0.25, 0.3) is 0 Å². The van der Waals surface area contributed by atoms with Gasteiger partial charge in [0.25, 0.3) is 0 Å². The molecular formula is C17H36N2. The predicted molar refractivity (Wildman–Crippen MR) is 85.5 cm³/mol. The molecule has 0 aromatic rings. The average molecular weight is 268 g/mol. The first-order chi connectivity index (χ1) is 9.12. The summed E-state index contributed by atoms with van der Waals surface area (Å²) in [6, 6.07) is 0.436. The summed E-state index contributed by atoms with van der Waals surface area (Å²) in [6.45, 7) is 9.31. The summed E-state index contributed by atoms with van der Waals surface area (Å²) in [5, 5.41) is 0. The van der Waals surface area contributed by atoms with Gasteiger partial charge in [-0.2, -0.15) is 0 Å². The van der Waals surface area contributed by atoms with Crippen LogP contribution in [0.15, 0.2) is 0 Å². The van der Waals surface area contributed by atoms with Crippen molar-refractivity contribution in [2.45, 2.75) is 96.6 Å². The molecule has 2 N–H and O–H groups in total. The molecule has 1 aliphatic rings. The van der Waals surface area contributed by atoms with E-state index in [1.54, 1.807) is 0 Å². The highest BCUT2D eigenvalue weighted by Gasteiger charge is 2.37. The van der Waals surface area contributed by atoms with Crippen LogP contribution in [0.3, 0.4) is 0 Å². The van der Waals surface area contributed by atoms with Crippen molar-refractivity contribution >= 4 is 0 Å². The molecule has 0 aliphatic carbocycles. The summed E-state index contributed by atoms with van der Waals surface area (Å²) >= 11 is 0. The lowest BCUT2D eigenvalue weighted by atomic mass is 9.83. The molecule has 1 saturated heterocycles. The van der Waals surface area contributed by atoms with Crippen LogP contribution in [0.5, 0.6) is 0 Å². The van der Waals surface area contributed by atoms with Crippen molar-refractivity contribution in [1.82, 2.24) is 4.90 Å². The summed E-state index contributed by atoms with van der Waals surface area (Å²) in [5.74, 6) is 0. The van der Waals surface area contributed by atoms with Crippen molar-refractivity contribution < 1.29 is 0 Å². The van der Waals surface area contributed by atoms with Gasteiger partial charge in [0.05, 0.1) is 0 Å². The fourth-order valence-electron chi connectivity index (χ4n) is 3.26. The molecule has 0 bridgehead atoms. The molecule has 1 heterocycles. The maximum atomic E-state index is 5.97. The predicted octanol–water partition coefficient (Wildman–Crippen LogP) is 4.33. The number of hydrogen-bond donors (Lipinski definition) is 1. The number of nitrogens with two attached hydrogens (primary N) is 1. The van der Waals surface area contributed by atoms with Gasteiger partial charge in [-0.05, 0) is 19.8 Å². The molecular weight excluding hydrogens is 232 g/mol. The molecule has 1 atom stereocenters. The standard InChI is InChI=1S/C17H36N2/c1-4-6-8-9-11-13-17(3,12-10-7-5-2)19-14-16(18)15-19/h16H,4-15,18H2,1-3H3. The van der Waals surface area contributed by atoms with Crippen LogP contribution >= 0.6 is 0 Å². The van der Waals surface area contributed by atoms with E-state index in [4.69, 9.17) is 5.73 Å². The van der Waals surface area contributed by atoms with Crippen molar-refractivity contribution in [3.05, 3.63) is 0 Å². The smallest absolute Gasteiger partial charge is 0.0297 e. The lowest BCUT2D eigenvalue weighted by molar-refractivity contribution is 0.0101. The molecule has 0 saturated carbocycles. The first kappa shape index (κ1) is 17.0. The van der Waals surface area contributed by atoms with Crippen molar-refractivity contribution in [2.24, 2.45) is 5.73 Å². The first-order valence-electron chi connectivity index (χ1n) is 8.63. The van der Waals surface area contributed by atoms with E-state index in [9.17, 15) is 0 Å². The molecule has 19 heavy (non-hydrogen) atoms. The van der Waals surface area contributed by atoms with Crippen molar-refractivity contribution in [2.75, 3.05) is 13.1 Å². The van der Waals surface area contributed by atoms with E-state index < -0.39 is 0 Å². The zero-order chi connectivity index (χ0) is 14.1. The third-order valence-electron chi connectivity index (χ3n) is 4.81. The molecule has 0 aromatic heterocycles. The SMILES string of the molecule is CCCCCCCC(C)(CCCCC)N1CC(N)C1. The van der Waals surface area contributed by atoms with Crippen molar-refractivity contribution in [1.29, 1.82) is 0 Å². The van der Waals surface area contributed by atoms with Crippen molar-refractivity contribution in [3.8, 4) is 0 Å². The van der Waals surface area contributed by atoms with Crippen LogP contribution < -0.4 is 5.73 Å². The first-order valence-corrected chi connectivity index (χ1v) is 8.63. The Morgan fingerprint density at radius 2 is 1.37 bits per heavy atom. The second kappa shape index (κ2) is 8.97. The monoisotopic (exact) mass is 268 g/mol. The van der Waals surface area contributed by atoms with Gasteiger partial charge in [-0.1, -0.05) is 65.2 Å². The van der Waals surface area contributed by atoms with Crippen LogP contribution in [0.4, 0.5) is 0 Å². The Morgan fingerprint density at radius 1 is 0.895 bits per heavy atom. The Morgan fingerprint density at radius 3 is 1.89 bits per heavy atom. The highest BCUT2D eigenvalue weighted by atomic mass is 15.3. The fraction of sp³-hybridized carbons (Fsp3) is 1.00. The third-order valence-corrected chi connectivity index (χ3v) is 4.81. The Bertz CT molecular complexity index is 223. The van der Waals surface area contributed by atoms with Crippen LogP contribution in [-0.4, -0.2) is 29.6 Å². The highest BCUT2D eigenvalue weighted by molar-refractivity contribution is 4.95. The Kier molecular flexibility index (Phi) is 8.01. The molecule has 1 aliphatic heterocycles. The highest BCUT2D eigenvalue weighted by Crippen LogP contribution is 2.32. The average Bonchev–Trinajstić information content (AvgIpc) is 2.35. The molecule has 0 amide bonds. The minimum atomic E-state index is 0.428. The van der Waals surface area contributed by atoms with Crippen LogP contribution in [-0.2, 0) is 0 Å². The van der Waals surface area contributed by atoms with Gasteiger partial charge in [0.2, 0.25) is 0 Å². The topological polar surface area (TPSA) is 29.3 Å². The minimum absolute atomic E-state index is 0.428. The molecule has 0 radical (unpaired) electrons. The molecule has 114 valence electrons. The quantitative estimate of drug-likeness (QED) is 0.565. The molecule has 2 nitrogen and oxygen atoms in total. The third kappa shape index (κ3) is 5.83. The van der Waals surface area contributed by atoms with Crippen LogP contribution in [0.1, 0.15) is 85.0 Å². The van der Waals surface area contributed by atoms with Gasteiger partial charge < -0.3 is 5.73 Å². The van der Waals surface area contributed by atoms with E-state index >= 15 is 0 Å². The Hall–Kier alpha value is -0.0800. The molecule has 1 unspecified atom stereocenters. The van der Waals surface area contributed by atoms with E-state index in [2.05, 4.69) is 25.7 Å². The zero-order valence-electron chi connectivity index (χ0n) is 13.6. The van der Waals surface area contributed by atoms with E-state index in [1.807, 2.05) is 0 Å². The summed E-state index contributed by atoms with van der Waals surface area (Å²) in [5.41, 5.74) is 6.40. The van der Waals surface area contributed by atoms with Crippen molar-refractivity contribution in [3.63, 3.8) is 0 Å². The Balaban J connectivity index is 2.31. The maximum absolute atomic E-state index is 5.97. The van der Waals surface area contributed by atoms with Gasteiger partial charge in [-0.25, -0.2) is 0 Å². The number of nitrogens with zero attached hydrogens (tertiary/aromatic N) is 1. The van der Waals surface area contributed by atoms with E-state index in [0.29, 0.717) is 11.6 Å². The van der Waals surface area contributed by atoms with Gasteiger partial charge in [0.1, 0.15) is 0 Å². The fourth-order valence-corrected chi connectivity index (χ4v) is 3.26. The Labute approximate surface area is 121 Å². The molecule has 0 spiro atoms. The normalized spacial score (nSPS) is 20.2. The lowest BCUT2D eigenvalue weighted by Gasteiger charge is -2.50. The number of unbranched alkanes of at least 4 members (excludes halogenated alkanes) is 6. The van der Waals surface area contributed by atoms with Crippen LogP contribution in [0, 0.1) is 0 Å². The summed E-state index contributed by atoms with van der Waals surface area (Å²) < 4.78 is 0. The van der Waals surface area contributed by atoms with Crippen LogP contribution in [0.2, 0.25) is 0 Å². The summed E-state index contributed by atoms with van der Waals surface area (Å²) in [4.78, 5) is 2.65. The van der Waals surface area contributed by atoms with E-state index in [1.165, 1.54) is 64.2 Å². The second-order valence-corrected chi connectivity index (χ2v) is 6.78. The molecule has 0 aromatic carbocycles. The largest absolute Gasteiger partial charge is 0.325 e. The van der Waals surface area contributed by atoms with Gasteiger partial charge in [-0.3, -0.25) is 4.90 Å². The maximum Gasteiger partial charge on any atom is 0.0297 e. The van der Waals surface area contributed by atoms with Gasteiger partial charge in [-0.15, -0.1) is 0 Å². The van der Waals surface area contributed by atoms with Gasteiger partial charge >= 0.3 is 0 Å². The molecule has 2 heteroatoms. The van der Waals surface area contributed by atoms with Gasteiger partial charge in [0, 0.05) is 24.7 Å². The number of hydrogen-bond acceptors (Lipinski definition) is 2. The summed E-state index contributed by atoms with van der Waals surface area (Å²) in [7, 11) is 0. The number of likely N-dealkylation sites (tertiary alicyclic amines) is 1. The lowest BCUT2D eigenvalue weighted by Crippen LogP contribution is -2.64. The minimum Gasteiger partial charge on any atom is -0.325 e.